The number of nitrogens with one attached hydrogen (secondary N) is 1. The number of fused-ring (bicyclic) bond motifs is 1. The van der Waals surface area contributed by atoms with Gasteiger partial charge >= 0.3 is 0 Å². The Morgan fingerprint density at radius 3 is 2.80 bits per heavy atom. The van der Waals surface area contributed by atoms with Crippen LogP contribution in [0.2, 0.25) is 0 Å². The summed E-state index contributed by atoms with van der Waals surface area (Å²) in [6.07, 6.45) is 4.30. The summed E-state index contributed by atoms with van der Waals surface area (Å²) >= 11 is 0. The minimum atomic E-state index is -0.172. The highest BCUT2D eigenvalue weighted by Crippen LogP contribution is 2.32. The molecule has 4 heterocycles. The van der Waals surface area contributed by atoms with E-state index in [2.05, 4.69) is 10.5 Å². The smallest absolute Gasteiger partial charge is 0.292 e. The van der Waals surface area contributed by atoms with Crippen molar-refractivity contribution in [1.82, 2.24) is 24.9 Å². The molecule has 1 fully saturated rings. The van der Waals surface area contributed by atoms with Gasteiger partial charge in [0.1, 0.15) is 5.82 Å². The molecule has 2 aliphatic heterocycles. The average Bonchev–Trinajstić information content (AvgIpc) is 3.26. The van der Waals surface area contributed by atoms with Gasteiger partial charge in [-0.2, -0.15) is 0 Å². The molecular weight excluding hydrogens is 384 g/mol. The maximum atomic E-state index is 12.9. The Morgan fingerprint density at radius 1 is 1.27 bits per heavy atom. The molecule has 2 aliphatic rings. The fraction of sp³-hybridized carbons (Fsp3) is 0.571. The lowest BCUT2D eigenvalue weighted by Crippen LogP contribution is -2.39. The van der Waals surface area contributed by atoms with E-state index in [0.29, 0.717) is 31.2 Å². The lowest BCUT2D eigenvalue weighted by Gasteiger charge is -2.35. The van der Waals surface area contributed by atoms with E-state index in [-0.39, 0.29) is 23.6 Å². The molecule has 1 saturated heterocycles. The Morgan fingerprint density at radius 2 is 2.10 bits per heavy atom. The summed E-state index contributed by atoms with van der Waals surface area (Å²) in [6.45, 7) is 5.28. The third-order valence-electron chi connectivity index (χ3n) is 5.94. The molecule has 1 N–H and O–H groups in total. The predicted octanol–water partition coefficient (Wildman–Crippen LogP) is 2.34. The second kappa shape index (κ2) is 8.41. The van der Waals surface area contributed by atoms with Gasteiger partial charge in [-0.3, -0.25) is 9.59 Å². The van der Waals surface area contributed by atoms with Gasteiger partial charge in [0.05, 0.1) is 24.0 Å². The molecule has 0 saturated carbocycles. The zero-order valence-corrected chi connectivity index (χ0v) is 17.8. The van der Waals surface area contributed by atoms with Crippen molar-refractivity contribution in [1.29, 1.82) is 0 Å². The van der Waals surface area contributed by atoms with Gasteiger partial charge in [0.25, 0.3) is 5.91 Å². The van der Waals surface area contributed by atoms with E-state index in [9.17, 15) is 9.59 Å². The summed E-state index contributed by atoms with van der Waals surface area (Å²) in [6, 6.07) is 1.62. The number of amides is 2. The number of carbonyl (C=O) groups is 2. The summed E-state index contributed by atoms with van der Waals surface area (Å²) < 4.78 is 5.22. The van der Waals surface area contributed by atoms with Crippen molar-refractivity contribution in [2.75, 3.05) is 25.5 Å². The number of anilines is 1. The lowest BCUT2D eigenvalue weighted by molar-refractivity contribution is -0.132. The topological polar surface area (TPSA) is 104 Å². The van der Waals surface area contributed by atoms with Gasteiger partial charge in [0.15, 0.2) is 5.82 Å². The first-order chi connectivity index (χ1) is 14.5. The molecule has 9 heteroatoms. The molecule has 4 rings (SSSR count). The molecule has 0 bridgehead atoms. The van der Waals surface area contributed by atoms with Gasteiger partial charge < -0.3 is 19.6 Å². The van der Waals surface area contributed by atoms with Crippen LogP contribution in [-0.4, -0.2) is 56.9 Å². The Kier molecular flexibility index (Phi) is 5.69. The lowest BCUT2D eigenvalue weighted by atomic mass is 10.00. The number of piperidine rings is 1. The van der Waals surface area contributed by atoms with E-state index in [1.54, 1.807) is 17.9 Å². The molecule has 1 unspecified atom stereocenters. The van der Waals surface area contributed by atoms with E-state index >= 15 is 0 Å². The first kappa shape index (κ1) is 20.3. The van der Waals surface area contributed by atoms with E-state index in [1.165, 1.54) is 0 Å². The first-order valence-electron chi connectivity index (χ1n) is 10.6. The van der Waals surface area contributed by atoms with Crippen molar-refractivity contribution in [3.05, 3.63) is 34.6 Å². The Hall–Kier alpha value is -2.97. The molecular formula is C21H28N6O3. The van der Waals surface area contributed by atoms with Crippen molar-refractivity contribution in [3.63, 3.8) is 0 Å². The molecule has 2 aromatic heterocycles. The molecule has 9 nitrogen and oxygen atoms in total. The zero-order chi connectivity index (χ0) is 21.3. The van der Waals surface area contributed by atoms with Crippen LogP contribution in [0.5, 0.6) is 0 Å². The number of carbonyl (C=O) groups excluding carboxylic acids is 2. The highest BCUT2D eigenvalue weighted by molar-refractivity contribution is 5.91. The number of likely N-dealkylation sites (tertiary alicyclic amines) is 1. The largest absolute Gasteiger partial charge is 0.373 e. The maximum absolute atomic E-state index is 12.9. The van der Waals surface area contributed by atoms with E-state index in [4.69, 9.17) is 14.5 Å². The molecule has 0 aliphatic carbocycles. The van der Waals surface area contributed by atoms with E-state index in [0.717, 1.165) is 49.2 Å². The highest BCUT2D eigenvalue weighted by atomic mass is 16.5. The maximum Gasteiger partial charge on any atom is 0.292 e. The Bertz CT molecular complexity index is 939. The molecule has 1 atom stereocenters. The molecule has 0 spiro atoms. The molecule has 30 heavy (non-hydrogen) atoms. The summed E-state index contributed by atoms with van der Waals surface area (Å²) in [7, 11) is 1.82. The fourth-order valence-electron chi connectivity index (χ4n) is 4.27. The van der Waals surface area contributed by atoms with Crippen molar-refractivity contribution in [2.45, 2.75) is 58.5 Å². The van der Waals surface area contributed by atoms with Crippen LogP contribution in [0.15, 0.2) is 10.6 Å². The number of hydrogen-bond acceptors (Lipinski definition) is 7. The van der Waals surface area contributed by atoms with Crippen molar-refractivity contribution in [3.8, 4) is 0 Å². The van der Waals surface area contributed by atoms with Crippen LogP contribution >= 0.6 is 0 Å². The van der Waals surface area contributed by atoms with Crippen LogP contribution < -0.4 is 5.32 Å². The summed E-state index contributed by atoms with van der Waals surface area (Å²) in [5.41, 5.74) is 2.62. The summed E-state index contributed by atoms with van der Waals surface area (Å²) in [4.78, 5) is 38.2. The van der Waals surface area contributed by atoms with E-state index in [1.807, 2.05) is 18.9 Å². The van der Waals surface area contributed by atoms with Gasteiger partial charge in [0, 0.05) is 45.1 Å². The normalized spacial score (nSPS) is 18.8. The number of aromatic nitrogens is 3. The van der Waals surface area contributed by atoms with Crippen molar-refractivity contribution < 1.29 is 14.1 Å². The average molecular weight is 412 g/mol. The number of nitrogens with zero attached hydrogens (tertiary/aromatic N) is 5. The number of aryl methyl sites for hydroxylation is 1. The summed E-state index contributed by atoms with van der Waals surface area (Å²) in [5, 5.41) is 7.08. The van der Waals surface area contributed by atoms with Crippen LogP contribution in [-0.2, 0) is 24.2 Å². The minimum absolute atomic E-state index is 0.0577. The van der Waals surface area contributed by atoms with Crippen LogP contribution in [0, 0.1) is 0 Å². The van der Waals surface area contributed by atoms with Gasteiger partial charge in [-0.15, -0.1) is 0 Å². The zero-order valence-electron chi connectivity index (χ0n) is 17.8. The molecule has 2 amide bonds. The van der Waals surface area contributed by atoms with Crippen molar-refractivity contribution >= 4 is 17.6 Å². The predicted molar refractivity (Wildman–Crippen MR) is 110 cm³/mol. The van der Waals surface area contributed by atoms with Gasteiger partial charge in [-0.1, -0.05) is 12.1 Å². The van der Waals surface area contributed by atoms with Gasteiger partial charge in [-0.05, 0) is 25.7 Å². The van der Waals surface area contributed by atoms with Crippen LogP contribution in [0.1, 0.15) is 72.5 Å². The second-order valence-electron chi connectivity index (χ2n) is 7.84. The SMILES string of the molecule is CCc1cc(C(=O)N2CCc3nc(C4CCCCN4C(C)=O)nc(NC)c3C2)on1. The third kappa shape index (κ3) is 3.76. The second-order valence-corrected chi connectivity index (χ2v) is 7.84. The number of hydrogen-bond donors (Lipinski definition) is 1. The highest BCUT2D eigenvalue weighted by Gasteiger charge is 2.32. The summed E-state index contributed by atoms with van der Waals surface area (Å²) in [5.74, 6) is 1.55. The molecule has 160 valence electrons. The Labute approximate surface area is 175 Å². The van der Waals surface area contributed by atoms with Gasteiger partial charge in [-0.25, -0.2) is 9.97 Å². The Balaban J connectivity index is 1.60. The molecule has 2 aromatic rings. The van der Waals surface area contributed by atoms with Crippen molar-refractivity contribution in [2.24, 2.45) is 0 Å². The number of rotatable bonds is 4. The van der Waals surface area contributed by atoms with E-state index < -0.39 is 0 Å². The quantitative estimate of drug-likeness (QED) is 0.822. The first-order valence-corrected chi connectivity index (χ1v) is 10.6. The standard InChI is InChI=1S/C21H28N6O3/c1-4-14-11-18(30-25-14)21(29)26-10-8-16-15(12-26)19(22-3)24-20(23-16)17-7-5-6-9-27(17)13(2)28/h11,17H,4-10,12H2,1-3H3,(H,22,23,24). The van der Waals surface area contributed by atoms with Crippen LogP contribution in [0.4, 0.5) is 5.82 Å². The molecule has 0 radical (unpaired) electrons. The van der Waals surface area contributed by atoms with Crippen LogP contribution in [0.25, 0.3) is 0 Å². The monoisotopic (exact) mass is 412 g/mol. The van der Waals surface area contributed by atoms with Crippen LogP contribution in [0.3, 0.4) is 0 Å². The minimum Gasteiger partial charge on any atom is -0.373 e. The third-order valence-corrected chi connectivity index (χ3v) is 5.94. The molecule has 0 aromatic carbocycles. The van der Waals surface area contributed by atoms with Gasteiger partial charge in [0.2, 0.25) is 11.7 Å². The fourth-order valence-corrected chi connectivity index (χ4v) is 4.27.